The highest BCUT2D eigenvalue weighted by Crippen LogP contribution is 2.17. The van der Waals surface area contributed by atoms with Gasteiger partial charge in [-0.1, -0.05) is 18.2 Å². The van der Waals surface area contributed by atoms with Crippen LogP contribution < -0.4 is 5.32 Å². The van der Waals surface area contributed by atoms with Crippen LogP contribution in [0.1, 0.15) is 32.9 Å². The van der Waals surface area contributed by atoms with Crippen molar-refractivity contribution in [3.05, 3.63) is 95.5 Å². The number of amides is 1. The summed E-state index contributed by atoms with van der Waals surface area (Å²) in [5.74, 6) is 0.723. The molecule has 152 valence electrons. The predicted molar refractivity (Wildman–Crippen MR) is 115 cm³/mol. The van der Waals surface area contributed by atoms with Gasteiger partial charge in [-0.05, 0) is 55.7 Å². The second kappa shape index (κ2) is 8.73. The molecule has 30 heavy (non-hydrogen) atoms. The van der Waals surface area contributed by atoms with Crippen molar-refractivity contribution in [2.75, 3.05) is 6.54 Å². The Morgan fingerprint density at radius 2 is 1.90 bits per heavy atom. The number of rotatable bonds is 7. The normalized spacial score (nSPS) is 10.9. The van der Waals surface area contributed by atoms with Crippen molar-refractivity contribution >= 4 is 5.91 Å². The topological polar surface area (TPSA) is 77.6 Å². The van der Waals surface area contributed by atoms with Crippen LogP contribution in [0.15, 0.2) is 67.4 Å². The van der Waals surface area contributed by atoms with Crippen LogP contribution in [0.3, 0.4) is 0 Å². The third-order valence-corrected chi connectivity index (χ3v) is 5.11. The lowest BCUT2D eigenvalue weighted by atomic mass is 10.1. The Balaban J connectivity index is 1.35. The van der Waals surface area contributed by atoms with E-state index in [-0.39, 0.29) is 5.91 Å². The summed E-state index contributed by atoms with van der Waals surface area (Å²) in [7, 11) is 0. The summed E-state index contributed by atoms with van der Waals surface area (Å²) in [6.45, 7) is 5.30. The molecule has 0 radical (unpaired) electrons. The molecule has 1 aromatic carbocycles. The molecule has 4 aromatic rings. The second-order valence-corrected chi connectivity index (χ2v) is 7.19. The molecular formula is C23H24N6O. The molecule has 0 aliphatic rings. The van der Waals surface area contributed by atoms with Crippen molar-refractivity contribution < 1.29 is 4.79 Å². The van der Waals surface area contributed by atoms with Gasteiger partial charge in [0, 0.05) is 42.9 Å². The Hall–Kier alpha value is -3.74. The number of nitrogens with one attached hydrogen (secondary N) is 1. The van der Waals surface area contributed by atoms with Crippen LogP contribution in [0, 0.1) is 13.8 Å². The van der Waals surface area contributed by atoms with Crippen LogP contribution in [0.5, 0.6) is 0 Å². The van der Waals surface area contributed by atoms with Gasteiger partial charge in [0.25, 0.3) is 5.91 Å². The van der Waals surface area contributed by atoms with Crippen LogP contribution >= 0.6 is 0 Å². The summed E-state index contributed by atoms with van der Waals surface area (Å²) in [6.07, 6.45) is 7.92. The van der Waals surface area contributed by atoms with Gasteiger partial charge in [0.15, 0.2) is 5.82 Å². The molecule has 0 aliphatic heterocycles. The van der Waals surface area contributed by atoms with Crippen LogP contribution in [-0.2, 0) is 13.0 Å². The van der Waals surface area contributed by atoms with Gasteiger partial charge in [-0.3, -0.25) is 4.79 Å². The van der Waals surface area contributed by atoms with Crippen molar-refractivity contribution in [2.24, 2.45) is 0 Å². The molecule has 4 rings (SSSR count). The van der Waals surface area contributed by atoms with Gasteiger partial charge in [-0.25, -0.2) is 14.6 Å². The van der Waals surface area contributed by atoms with E-state index >= 15 is 0 Å². The minimum absolute atomic E-state index is 0.0726. The maximum atomic E-state index is 12.5. The van der Waals surface area contributed by atoms with Gasteiger partial charge in [0.1, 0.15) is 0 Å². The lowest BCUT2D eigenvalue weighted by molar-refractivity contribution is 0.0954. The Morgan fingerprint density at radius 1 is 1.07 bits per heavy atom. The van der Waals surface area contributed by atoms with E-state index in [1.807, 2.05) is 71.8 Å². The number of pyridine rings is 1. The molecule has 0 bridgehead atoms. The number of hydrogen-bond acceptors (Lipinski definition) is 4. The Kier molecular flexibility index (Phi) is 5.70. The minimum atomic E-state index is -0.0726. The van der Waals surface area contributed by atoms with Gasteiger partial charge in [-0.15, -0.1) is 0 Å². The predicted octanol–water partition coefficient (Wildman–Crippen LogP) is 3.10. The fraction of sp³-hybridized carbons (Fsp3) is 0.217. The monoisotopic (exact) mass is 400 g/mol. The number of benzene rings is 1. The van der Waals surface area contributed by atoms with E-state index in [4.69, 9.17) is 0 Å². The second-order valence-electron chi connectivity index (χ2n) is 7.19. The summed E-state index contributed by atoms with van der Waals surface area (Å²) in [5, 5.41) is 7.62. The SMILES string of the molecule is Cc1nn(-c2ccccn2)c(C)c1CCNC(=O)c1ccc(Cn2ccnc2)cc1. The zero-order valence-electron chi connectivity index (χ0n) is 17.1. The minimum Gasteiger partial charge on any atom is -0.352 e. The van der Waals surface area contributed by atoms with Gasteiger partial charge in [0.2, 0.25) is 0 Å². The fourth-order valence-electron chi connectivity index (χ4n) is 3.49. The average Bonchev–Trinajstić information content (AvgIpc) is 3.38. The molecule has 0 saturated carbocycles. The first-order chi connectivity index (χ1) is 14.6. The highest BCUT2D eigenvalue weighted by atomic mass is 16.1. The van der Waals surface area contributed by atoms with Gasteiger partial charge in [-0.2, -0.15) is 5.10 Å². The third kappa shape index (κ3) is 4.30. The summed E-state index contributed by atoms with van der Waals surface area (Å²) in [5.41, 5.74) is 4.91. The summed E-state index contributed by atoms with van der Waals surface area (Å²) in [6, 6.07) is 13.4. The number of nitrogens with zero attached hydrogens (tertiary/aromatic N) is 5. The third-order valence-electron chi connectivity index (χ3n) is 5.11. The molecule has 0 spiro atoms. The van der Waals surface area contributed by atoms with E-state index in [9.17, 15) is 4.79 Å². The van der Waals surface area contributed by atoms with Gasteiger partial charge in [0.05, 0.1) is 12.0 Å². The molecule has 0 unspecified atom stereocenters. The number of carbonyl (C=O) groups is 1. The van der Waals surface area contributed by atoms with E-state index < -0.39 is 0 Å². The van der Waals surface area contributed by atoms with Gasteiger partial charge >= 0.3 is 0 Å². The van der Waals surface area contributed by atoms with Crippen molar-refractivity contribution in [3.63, 3.8) is 0 Å². The molecule has 3 heterocycles. The van der Waals surface area contributed by atoms with Crippen LogP contribution in [0.25, 0.3) is 5.82 Å². The molecule has 0 saturated heterocycles. The number of hydrogen-bond donors (Lipinski definition) is 1. The molecule has 1 amide bonds. The molecule has 7 nitrogen and oxygen atoms in total. The number of carbonyl (C=O) groups excluding carboxylic acids is 1. The first-order valence-corrected chi connectivity index (χ1v) is 9.91. The molecule has 0 atom stereocenters. The zero-order chi connectivity index (χ0) is 20.9. The molecule has 1 N–H and O–H groups in total. The molecule has 7 heteroatoms. The Morgan fingerprint density at radius 3 is 2.60 bits per heavy atom. The summed E-state index contributed by atoms with van der Waals surface area (Å²) < 4.78 is 3.84. The maximum absolute atomic E-state index is 12.5. The first-order valence-electron chi connectivity index (χ1n) is 9.91. The molecule has 3 aromatic heterocycles. The van der Waals surface area contributed by atoms with Crippen LogP contribution in [0.4, 0.5) is 0 Å². The number of imidazole rings is 1. The number of aromatic nitrogens is 5. The van der Waals surface area contributed by atoms with E-state index in [1.165, 1.54) is 0 Å². The van der Waals surface area contributed by atoms with Crippen molar-refractivity contribution in [3.8, 4) is 5.82 Å². The van der Waals surface area contributed by atoms with E-state index in [0.29, 0.717) is 12.1 Å². The summed E-state index contributed by atoms with van der Waals surface area (Å²) >= 11 is 0. The standard InChI is InChI=1S/C23H24N6O/c1-17-21(18(2)29(27-17)22-5-3-4-11-25-22)10-12-26-23(30)20-8-6-19(7-9-20)15-28-14-13-24-16-28/h3-9,11,13-14,16H,10,12,15H2,1-2H3,(H,26,30). The Bertz CT molecular complexity index is 1110. The smallest absolute Gasteiger partial charge is 0.251 e. The Labute approximate surface area is 175 Å². The molecule has 0 aliphatic carbocycles. The van der Waals surface area contributed by atoms with Crippen LogP contribution in [-0.4, -0.2) is 36.8 Å². The highest BCUT2D eigenvalue weighted by Gasteiger charge is 2.14. The van der Waals surface area contributed by atoms with Crippen molar-refractivity contribution in [1.29, 1.82) is 0 Å². The van der Waals surface area contributed by atoms with Crippen LogP contribution in [0.2, 0.25) is 0 Å². The first kappa shape index (κ1) is 19.6. The average molecular weight is 400 g/mol. The van der Waals surface area contributed by atoms with E-state index in [2.05, 4.69) is 20.4 Å². The fourth-order valence-corrected chi connectivity index (χ4v) is 3.49. The molecular weight excluding hydrogens is 376 g/mol. The molecule has 0 fully saturated rings. The summed E-state index contributed by atoms with van der Waals surface area (Å²) in [4.78, 5) is 20.9. The number of aryl methyl sites for hydroxylation is 1. The van der Waals surface area contributed by atoms with Crippen molar-refractivity contribution in [2.45, 2.75) is 26.8 Å². The maximum Gasteiger partial charge on any atom is 0.251 e. The van der Waals surface area contributed by atoms with Crippen molar-refractivity contribution in [1.82, 2.24) is 29.6 Å². The largest absolute Gasteiger partial charge is 0.352 e. The van der Waals surface area contributed by atoms with E-state index in [0.717, 1.165) is 41.3 Å². The quantitative estimate of drug-likeness (QED) is 0.517. The lowest BCUT2D eigenvalue weighted by Crippen LogP contribution is -2.26. The highest BCUT2D eigenvalue weighted by molar-refractivity contribution is 5.94. The zero-order valence-corrected chi connectivity index (χ0v) is 17.1. The van der Waals surface area contributed by atoms with E-state index in [1.54, 1.807) is 18.7 Å². The lowest BCUT2D eigenvalue weighted by Gasteiger charge is -2.08. The van der Waals surface area contributed by atoms with Gasteiger partial charge < -0.3 is 9.88 Å².